The molecule has 1 aliphatic rings. The predicted octanol–water partition coefficient (Wildman–Crippen LogP) is 0.272. The Morgan fingerprint density at radius 2 is 2.12 bits per heavy atom. The molecule has 1 amide bonds. The zero-order chi connectivity index (χ0) is 16.9. The maximum atomic E-state index is 12.3. The van der Waals surface area contributed by atoms with Crippen LogP contribution in [-0.4, -0.2) is 56.4 Å². The number of amides is 1. The number of rotatable bonds is 5. The van der Waals surface area contributed by atoms with Gasteiger partial charge in [-0.2, -0.15) is 0 Å². The normalized spacial score (nSPS) is 18.8. The molecular formula is C15H17N5O4. The monoisotopic (exact) mass is 331 g/mol. The van der Waals surface area contributed by atoms with Crippen molar-refractivity contribution in [3.63, 3.8) is 0 Å². The standard InChI is InChI=1S/C15H17N5O4/c21-14(17-13(15(22)23)11-2-1-7-24-8-11)10-3-5-12(6-4-10)20-9-16-18-19-20/h3-6,9,11,13H,1-2,7-8H2,(H,17,21)(H,22,23). The number of hydrogen-bond donors (Lipinski definition) is 2. The van der Waals surface area contributed by atoms with E-state index in [2.05, 4.69) is 20.8 Å². The zero-order valence-electron chi connectivity index (χ0n) is 12.8. The van der Waals surface area contributed by atoms with Crippen LogP contribution in [-0.2, 0) is 9.53 Å². The van der Waals surface area contributed by atoms with Gasteiger partial charge in [-0.15, -0.1) is 5.10 Å². The molecule has 1 aromatic heterocycles. The van der Waals surface area contributed by atoms with E-state index >= 15 is 0 Å². The second kappa shape index (κ2) is 7.18. The quantitative estimate of drug-likeness (QED) is 0.807. The number of tetrazole rings is 1. The van der Waals surface area contributed by atoms with Crippen molar-refractivity contribution < 1.29 is 19.4 Å². The number of carbonyl (C=O) groups is 2. The molecule has 0 spiro atoms. The molecule has 1 saturated heterocycles. The van der Waals surface area contributed by atoms with Crippen molar-refractivity contribution in [1.82, 2.24) is 25.5 Å². The molecule has 24 heavy (non-hydrogen) atoms. The molecule has 2 aromatic rings. The van der Waals surface area contributed by atoms with E-state index in [-0.39, 0.29) is 5.92 Å². The Morgan fingerprint density at radius 1 is 1.33 bits per heavy atom. The highest BCUT2D eigenvalue weighted by Crippen LogP contribution is 2.18. The SMILES string of the molecule is O=C(NC(C(=O)O)C1CCCOC1)c1ccc(-n2cnnn2)cc1. The van der Waals surface area contributed by atoms with Crippen LogP contribution in [0.4, 0.5) is 0 Å². The van der Waals surface area contributed by atoms with Crippen LogP contribution in [0, 0.1) is 5.92 Å². The first-order valence-electron chi connectivity index (χ1n) is 7.60. The smallest absolute Gasteiger partial charge is 0.326 e. The van der Waals surface area contributed by atoms with Crippen LogP contribution in [0.15, 0.2) is 30.6 Å². The molecule has 0 aliphatic carbocycles. The molecule has 1 fully saturated rings. The number of hydrogen-bond acceptors (Lipinski definition) is 6. The lowest BCUT2D eigenvalue weighted by atomic mass is 9.93. The van der Waals surface area contributed by atoms with Gasteiger partial charge >= 0.3 is 5.97 Å². The van der Waals surface area contributed by atoms with Gasteiger partial charge in [0.15, 0.2) is 0 Å². The molecule has 9 nitrogen and oxygen atoms in total. The Morgan fingerprint density at radius 3 is 2.71 bits per heavy atom. The van der Waals surface area contributed by atoms with Crippen molar-refractivity contribution in [3.8, 4) is 5.69 Å². The molecule has 2 heterocycles. The van der Waals surface area contributed by atoms with Gasteiger partial charge in [0.1, 0.15) is 12.4 Å². The van der Waals surface area contributed by atoms with Gasteiger partial charge in [0.25, 0.3) is 5.91 Å². The molecule has 2 N–H and O–H groups in total. The Balaban J connectivity index is 1.69. The highest BCUT2D eigenvalue weighted by atomic mass is 16.5. The van der Waals surface area contributed by atoms with E-state index < -0.39 is 17.9 Å². The maximum absolute atomic E-state index is 12.3. The summed E-state index contributed by atoms with van der Waals surface area (Å²) in [6.07, 6.45) is 2.96. The van der Waals surface area contributed by atoms with E-state index in [1.807, 2.05) is 0 Å². The van der Waals surface area contributed by atoms with E-state index in [1.165, 1.54) is 11.0 Å². The van der Waals surface area contributed by atoms with Crippen LogP contribution in [0.5, 0.6) is 0 Å². The van der Waals surface area contributed by atoms with Crippen molar-refractivity contribution in [2.24, 2.45) is 5.92 Å². The average Bonchev–Trinajstić information content (AvgIpc) is 3.15. The first-order chi connectivity index (χ1) is 11.6. The molecule has 0 bridgehead atoms. The van der Waals surface area contributed by atoms with Crippen LogP contribution in [0.25, 0.3) is 5.69 Å². The molecule has 126 valence electrons. The highest BCUT2D eigenvalue weighted by Gasteiger charge is 2.31. The molecule has 3 rings (SSSR count). The first-order valence-corrected chi connectivity index (χ1v) is 7.60. The van der Waals surface area contributed by atoms with Gasteiger partial charge in [-0.3, -0.25) is 4.79 Å². The minimum atomic E-state index is -1.05. The van der Waals surface area contributed by atoms with Gasteiger partial charge in [-0.1, -0.05) is 0 Å². The fourth-order valence-electron chi connectivity index (χ4n) is 2.68. The Hall–Kier alpha value is -2.81. The molecule has 0 saturated carbocycles. The second-order valence-corrected chi connectivity index (χ2v) is 5.57. The molecule has 2 unspecified atom stereocenters. The van der Waals surface area contributed by atoms with Crippen LogP contribution in [0.1, 0.15) is 23.2 Å². The summed E-state index contributed by atoms with van der Waals surface area (Å²) in [6.45, 7) is 0.977. The van der Waals surface area contributed by atoms with E-state index in [1.54, 1.807) is 24.3 Å². The summed E-state index contributed by atoms with van der Waals surface area (Å²) in [4.78, 5) is 23.8. The summed E-state index contributed by atoms with van der Waals surface area (Å²) in [5.74, 6) is -1.71. The third-order valence-corrected chi connectivity index (χ3v) is 3.96. The lowest BCUT2D eigenvalue weighted by molar-refractivity contribution is -0.142. The summed E-state index contributed by atoms with van der Waals surface area (Å²) in [7, 11) is 0. The summed E-state index contributed by atoms with van der Waals surface area (Å²) >= 11 is 0. The van der Waals surface area contributed by atoms with E-state index in [4.69, 9.17) is 4.74 Å². The van der Waals surface area contributed by atoms with Gasteiger partial charge in [0.2, 0.25) is 0 Å². The largest absolute Gasteiger partial charge is 0.480 e. The number of nitrogens with one attached hydrogen (secondary N) is 1. The fraction of sp³-hybridized carbons (Fsp3) is 0.400. The summed E-state index contributed by atoms with van der Waals surface area (Å²) in [6, 6.07) is 5.61. The van der Waals surface area contributed by atoms with Crippen LogP contribution in [0.2, 0.25) is 0 Å². The molecule has 0 radical (unpaired) electrons. The van der Waals surface area contributed by atoms with Gasteiger partial charge in [0, 0.05) is 18.1 Å². The Labute approximate surface area is 137 Å². The van der Waals surface area contributed by atoms with Gasteiger partial charge in [-0.05, 0) is 47.5 Å². The fourth-order valence-corrected chi connectivity index (χ4v) is 2.68. The third-order valence-electron chi connectivity index (χ3n) is 3.96. The molecule has 2 atom stereocenters. The number of benzene rings is 1. The number of nitrogens with zero attached hydrogens (tertiary/aromatic N) is 4. The third kappa shape index (κ3) is 3.57. The minimum Gasteiger partial charge on any atom is -0.480 e. The van der Waals surface area contributed by atoms with Gasteiger partial charge < -0.3 is 15.2 Å². The topological polar surface area (TPSA) is 119 Å². The van der Waals surface area contributed by atoms with E-state index in [0.29, 0.717) is 24.5 Å². The minimum absolute atomic E-state index is 0.222. The van der Waals surface area contributed by atoms with E-state index in [0.717, 1.165) is 12.8 Å². The highest BCUT2D eigenvalue weighted by molar-refractivity contribution is 5.96. The number of carboxylic acid groups (broad SMARTS) is 1. The van der Waals surface area contributed by atoms with Crippen LogP contribution < -0.4 is 5.32 Å². The lowest BCUT2D eigenvalue weighted by Gasteiger charge is -2.28. The molecule has 9 heteroatoms. The number of carboxylic acids is 1. The number of ether oxygens (including phenoxy) is 1. The first kappa shape index (κ1) is 16.1. The summed E-state index contributed by atoms with van der Waals surface area (Å²) in [5.41, 5.74) is 1.07. The maximum Gasteiger partial charge on any atom is 0.326 e. The number of carbonyl (C=O) groups excluding carboxylic acids is 1. The van der Waals surface area contributed by atoms with Crippen molar-refractivity contribution in [2.45, 2.75) is 18.9 Å². The van der Waals surface area contributed by atoms with Gasteiger partial charge in [-0.25, -0.2) is 9.48 Å². The molecule has 1 aliphatic heterocycles. The molecular weight excluding hydrogens is 314 g/mol. The summed E-state index contributed by atoms with van der Waals surface area (Å²) < 4.78 is 6.78. The van der Waals surface area contributed by atoms with Crippen LogP contribution in [0.3, 0.4) is 0 Å². The van der Waals surface area contributed by atoms with Crippen molar-refractivity contribution in [1.29, 1.82) is 0 Å². The van der Waals surface area contributed by atoms with Crippen LogP contribution >= 0.6 is 0 Å². The Bertz CT molecular complexity index is 695. The Kier molecular flexibility index (Phi) is 4.80. The van der Waals surface area contributed by atoms with Crippen molar-refractivity contribution in [3.05, 3.63) is 36.2 Å². The number of aliphatic carboxylic acids is 1. The average molecular weight is 331 g/mol. The second-order valence-electron chi connectivity index (χ2n) is 5.57. The van der Waals surface area contributed by atoms with E-state index in [9.17, 15) is 14.7 Å². The predicted molar refractivity (Wildman–Crippen MR) is 81.6 cm³/mol. The van der Waals surface area contributed by atoms with Crippen molar-refractivity contribution >= 4 is 11.9 Å². The lowest BCUT2D eigenvalue weighted by Crippen LogP contribution is -2.48. The van der Waals surface area contributed by atoms with Gasteiger partial charge in [0.05, 0.1) is 12.3 Å². The molecule has 1 aromatic carbocycles. The summed E-state index contributed by atoms with van der Waals surface area (Å²) in [5, 5.41) is 22.8. The zero-order valence-corrected chi connectivity index (χ0v) is 12.8. The van der Waals surface area contributed by atoms with Crippen molar-refractivity contribution in [2.75, 3.05) is 13.2 Å². The number of aromatic nitrogens is 4.